The van der Waals surface area contributed by atoms with Crippen molar-refractivity contribution in [3.63, 3.8) is 0 Å². The normalized spacial score (nSPS) is 19.6. The second-order valence-corrected chi connectivity index (χ2v) is 5.32. The summed E-state index contributed by atoms with van der Waals surface area (Å²) >= 11 is 0. The highest BCUT2D eigenvalue weighted by Crippen LogP contribution is 2.21. The minimum Gasteiger partial charge on any atom is -0.349 e. The van der Waals surface area contributed by atoms with Gasteiger partial charge in [-0.2, -0.15) is 0 Å². The number of hydrogen-bond donors (Lipinski definition) is 2. The summed E-state index contributed by atoms with van der Waals surface area (Å²) in [5.41, 5.74) is 3.39. The van der Waals surface area contributed by atoms with Crippen molar-refractivity contribution in [3.05, 3.63) is 34.9 Å². The third-order valence-corrected chi connectivity index (χ3v) is 4.08. The topological polar surface area (TPSA) is 41.1 Å². The highest BCUT2D eigenvalue weighted by atomic mass is 16.1. The standard InChI is InChI=1S/C15H20N2O/c18-15(17-12-5-1-2-6-12)13-7-3-4-11-8-9-16-10-14(11)13/h3-4,7,12,16H,1-2,5-6,8-10H2,(H,17,18). The van der Waals surface area contributed by atoms with Crippen molar-refractivity contribution in [2.45, 2.75) is 44.7 Å². The highest BCUT2D eigenvalue weighted by Gasteiger charge is 2.21. The number of rotatable bonds is 2. The molecule has 1 saturated carbocycles. The summed E-state index contributed by atoms with van der Waals surface area (Å²) in [5.74, 6) is 0.113. The number of amides is 1. The van der Waals surface area contributed by atoms with Crippen molar-refractivity contribution in [2.24, 2.45) is 0 Å². The average molecular weight is 244 g/mol. The SMILES string of the molecule is O=C(NC1CCCC1)c1cccc2c1CNCC2. The summed E-state index contributed by atoms with van der Waals surface area (Å²) in [6, 6.07) is 6.50. The molecular formula is C15H20N2O. The summed E-state index contributed by atoms with van der Waals surface area (Å²) in [5, 5.41) is 6.53. The zero-order valence-electron chi connectivity index (χ0n) is 10.7. The Labute approximate surface area is 108 Å². The van der Waals surface area contributed by atoms with Gasteiger partial charge in [-0.15, -0.1) is 0 Å². The second-order valence-electron chi connectivity index (χ2n) is 5.32. The Hall–Kier alpha value is -1.35. The van der Waals surface area contributed by atoms with Crippen LogP contribution in [0.15, 0.2) is 18.2 Å². The van der Waals surface area contributed by atoms with E-state index in [1.54, 1.807) is 0 Å². The molecule has 1 amide bonds. The van der Waals surface area contributed by atoms with E-state index < -0.39 is 0 Å². The fourth-order valence-electron chi connectivity index (χ4n) is 3.06. The van der Waals surface area contributed by atoms with Gasteiger partial charge in [-0.1, -0.05) is 25.0 Å². The van der Waals surface area contributed by atoms with Gasteiger partial charge in [0.15, 0.2) is 0 Å². The average Bonchev–Trinajstić information content (AvgIpc) is 2.91. The van der Waals surface area contributed by atoms with E-state index in [1.165, 1.54) is 24.0 Å². The van der Waals surface area contributed by atoms with E-state index in [2.05, 4.69) is 16.7 Å². The van der Waals surface area contributed by atoms with Gasteiger partial charge in [-0.05, 0) is 43.0 Å². The predicted molar refractivity (Wildman–Crippen MR) is 71.6 cm³/mol. The molecule has 1 aliphatic carbocycles. The predicted octanol–water partition coefficient (Wildman–Crippen LogP) is 2.00. The Morgan fingerprint density at radius 2 is 2.11 bits per heavy atom. The number of carbonyl (C=O) groups is 1. The largest absolute Gasteiger partial charge is 0.349 e. The third kappa shape index (κ3) is 2.27. The molecule has 0 bridgehead atoms. The first-order valence-electron chi connectivity index (χ1n) is 6.97. The van der Waals surface area contributed by atoms with Gasteiger partial charge in [0.25, 0.3) is 5.91 Å². The fraction of sp³-hybridized carbons (Fsp3) is 0.533. The maximum absolute atomic E-state index is 12.3. The van der Waals surface area contributed by atoms with E-state index in [-0.39, 0.29) is 5.91 Å². The minimum absolute atomic E-state index is 0.113. The maximum Gasteiger partial charge on any atom is 0.251 e. The Morgan fingerprint density at radius 3 is 2.94 bits per heavy atom. The van der Waals surface area contributed by atoms with Crippen molar-refractivity contribution in [1.29, 1.82) is 0 Å². The van der Waals surface area contributed by atoms with Crippen molar-refractivity contribution in [2.75, 3.05) is 6.54 Å². The summed E-state index contributed by atoms with van der Waals surface area (Å²) in [6.45, 7) is 1.84. The molecule has 1 aromatic rings. The smallest absolute Gasteiger partial charge is 0.251 e. The number of benzene rings is 1. The van der Waals surface area contributed by atoms with Gasteiger partial charge < -0.3 is 10.6 Å². The van der Waals surface area contributed by atoms with E-state index in [0.717, 1.165) is 37.9 Å². The van der Waals surface area contributed by atoms with Crippen LogP contribution in [-0.4, -0.2) is 18.5 Å². The van der Waals surface area contributed by atoms with E-state index in [1.807, 2.05) is 12.1 Å². The zero-order chi connectivity index (χ0) is 12.4. The molecule has 2 N–H and O–H groups in total. The number of fused-ring (bicyclic) bond motifs is 1. The van der Waals surface area contributed by atoms with Gasteiger partial charge in [0.1, 0.15) is 0 Å². The molecule has 3 nitrogen and oxygen atoms in total. The molecule has 1 heterocycles. The van der Waals surface area contributed by atoms with Crippen molar-refractivity contribution < 1.29 is 4.79 Å². The Morgan fingerprint density at radius 1 is 1.28 bits per heavy atom. The van der Waals surface area contributed by atoms with Crippen molar-refractivity contribution in [1.82, 2.24) is 10.6 Å². The molecule has 0 radical (unpaired) electrons. The Kier molecular flexibility index (Phi) is 3.33. The quantitative estimate of drug-likeness (QED) is 0.835. The molecule has 96 valence electrons. The molecular weight excluding hydrogens is 224 g/mol. The molecule has 3 rings (SSSR count). The maximum atomic E-state index is 12.3. The molecule has 0 atom stereocenters. The summed E-state index contributed by atoms with van der Waals surface area (Å²) < 4.78 is 0. The van der Waals surface area contributed by atoms with Crippen LogP contribution in [0.25, 0.3) is 0 Å². The van der Waals surface area contributed by atoms with Gasteiger partial charge in [0.05, 0.1) is 0 Å². The zero-order valence-corrected chi connectivity index (χ0v) is 10.7. The van der Waals surface area contributed by atoms with E-state index in [9.17, 15) is 4.79 Å². The van der Waals surface area contributed by atoms with Crippen LogP contribution in [0.4, 0.5) is 0 Å². The lowest BCUT2D eigenvalue weighted by Crippen LogP contribution is -2.35. The number of hydrogen-bond acceptors (Lipinski definition) is 2. The van der Waals surface area contributed by atoms with Gasteiger partial charge in [-0.25, -0.2) is 0 Å². The number of nitrogens with one attached hydrogen (secondary N) is 2. The number of carbonyl (C=O) groups excluding carboxylic acids is 1. The molecule has 1 aromatic carbocycles. The summed E-state index contributed by atoms with van der Waals surface area (Å²) in [7, 11) is 0. The van der Waals surface area contributed by atoms with Crippen LogP contribution in [0.2, 0.25) is 0 Å². The molecule has 0 saturated heterocycles. The van der Waals surface area contributed by atoms with Gasteiger partial charge in [-0.3, -0.25) is 4.79 Å². The molecule has 18 heavy (non-hydrogen) atoms. The molecule has 1 aliphatic heterocycles. The van der Waals surface area contributed by atoms with Crippen molar-refractivity contribution in [3.8, 4) is 0 Å². The van der Waals surface area contributed by atoms with Crippen LogP contribution in [0.1, 0.15) is 47.2 Å². The lowest BCUT2D eigenvalue weighted by Gasteiger charge is -2.21. The monoisotopic (exact) mass is 244 g/mol. The first kappa shape index (κ1) is 11.7. The van der Waals surface area contributed by atoms with E-state index >= 15 is 0 Å². The summed E-state index contributed by atoms with van der Waals surface area (Å²) in [4.78, 5) is 12.3. The van der Waals surface area contributed by atoms with Crippen LogP contribution in [0.3, 0.4) is 0 Å². The van der Waals surface area contributed by atoms with E-state index in [4.69, 9.17) is 0 Å². The van der Waals surface area contributed by atoms with Crippen LogP contribution in [0, 0.1) is 0 Å². The molecule has 0 aromatic heterocycles. The van der Waals surface area contributed by atoms with Crippen molar-refractivity contribution >= 4 is 5.91 Å². The Bertz CT molecular complexity index is 450. The van der Waals surface area contributed by atoms with Crippen LogP contribution in [0.5, 0.6) is 0 Å². The van der Waals surface area contributed by atoms with Gasteiger partial charge in [0.2, 0.25) is 0 Å². The lowest BCUT2D eigenvalue weighted by molar-refractivity contribution is 0.0936. The first-order chi connectivity index (χ1) is 8.84. The fourth-order valence-corrected chi connectivity index (χ4v) is 3.06. The van der Waals surface area contributed by atoms with Gasteiger partial charge >= 0.3 is 0 Å². The second kappa shape index (κ2) is 5.11. The Balaban J connectivity index is 1.80. The summed E-state index contributed by atoms with van der Waals surface area (Å²) in [6.07, 6.45) is 5.80. The highest BCUT2D eigenvalue weighted by molar-refractivity contribution is 5.96. The minimum atomic E-state index is 0.113. The van der Waals surface area contributed by atoms with Crippen LogP contribution in [-0.2, 0) is 13.0 Å². The molecule has 1 fully saturated rings. The molecule has 2 aliphatic rings. The lowest BCUT2D eigenvalue weighted by atomic mass is 9.95. The van der Waals surface area contributed by atoms with Crippen LogP contribution >= 0.6 is 0 Å². The molecule has 3 heteroatoms. The molecule has 0 spiro atoms. The van der Waals surface area contributed by atoms with Crippen LogP contribution < -0.4 is 10.6 Å². The van der Waals surface area contributed by atoms with Gasteiger partial charge in [0, 0.05) is 18.2 Å². The third-order valence-electron chi connectivity index (χ3n) is 4.08. The van der Waals surface area contributed by atoms with E-state index in [0.29, 0.717) is 6.04 Å². The first-order valence-corrected chi connectivity index (χ1v) is 6.97. The molecule has 0 unspecified atom stereocenters.